The largest absolute Gasteiger partial charge is 0.337 e. The Bertz CT molecular complexity index is 409. The second kappa shape index (κ2) is 5.25. The van der Waals surface area contributed by atoms with Gasteiger partial charge in [0.2, 0.25) is 0 Å². The molecule has 0 aromatic heterocycles. The minimum absolute atomic E-state index is 0. The van der Waals surface area contributed by atoms with Crippen LogP contribution in [0.5, 0.6) is 5.75 Å². The quantitative estimate of drug-likeness (QED) is 0.824. The first-order valence-electron chi connectivity index (χ1n) is 5.99. The average Bonchev–Trinajstić information content (AvgIpc) is 2.78. The van der Waals surface area contributed by atoms with E-state index in [4.69, 9.17) is 9.78 Å². The molecule has 3 rings (SSSR count). The third kappa shape index (κ3) is 2.15. The van der Waals surface area contributed by atoms with Crippen LogP contribution in [-0.2, 0) is 17.9 Å². The maximum atomic E-state index is 5.30. The maximum absolute atomic E-state index is 5.30. The van der Waals surface area contributed by atoms with Gasteiger partial charge in [0, 0.05) is 17.7 Å². The van der Waals surface area contributed by atoms with Crippen LogP contribution in [0.25, 0.3) is 0 Å². The summed E-state index contributed by atoms with van der Waals surface area (Å²) in [6.07, 6.45) is 3.65. The van der Waals surface area contributed by atoms with Crippen LogP contribution in [-0.4, -0.2) is 13.6 Å². The van der Waals surface area contributed by atoms with Gasteiger partial charge in [-0.05, 0) is 37.8 Å². The molecular weight excluding hydrogens is 238 g/mol. The molecule has 2 aliphatic rings. The number of hydrogen-bond acceptors (Lipinski definition) is 3. The van der Waals surface area contributed by atoms with Crippen molar-refractivity contribution < 1.29 is 9.78 Å². The van der Waals surface area contributed by atoms with E-state index in [1.165, 1.54) is 29.5 Å². The molecule has 0 saturated heterocycles. The summed E-state index contributed by atoms with van der Waals surface area (Å²) in [4.78, 5) is 10.4. The minimum Gasteiger partial charge on any atom is -0.337 e. The zero-order chi connectivity index (χ0) is 11.0. The molecule has 3 nitrogen and oxygen atoms in total. The van der Waals surface area contributed by atoms with Crippen molar-refractivity contribution in [2.75, 3.05) is 13.6 Å². The zero-order valence-corrected chi connectivity index (χ0v) is 10.8. The van der Waals surface area contributed by atoms with Crippen LogP contribution in [0.4, 0.5) is 0 Å². The van der Waals surface area contributed by atoms with E-state index in [0.717, 1.165) is 18.7 Å². The molecule has 1 aromatic rings. The van der Waals surface area contributed by atoms with Gasteiger partial charge in [0.15, 0.2) is 5.75 Å². The normalized spacial score (nSPS) is 21.1. The van der Waals surface area contributed by atoms with Crippen molar-refractivity contribution in [1.29, 1.82) is 0 Å². The van der Waals surface area contributed by atoms with Crippen LogP contribution >= 0.6 is 12.4 Å². The second-order valence-corrected chi connectivity index (χ2v) is 4.61. The first kappa shape index (κ1) is 12.7. The van der Waals surface area contributed by atoms with Gasteiger partial charge < -0.3 is 10.2 Å². The average molecular weight is 256 g/mol. The Balaban J connectivity index is 0.00000108. The van der Waals surface area contributed by atoms with Crippen LogP contribution in [0, 0.1) is 0 Å². The van der Waals surface area contributed by atoms with E-state index in [9.17, 15) is 0 Å². The third-order valence-corrected chi connectivity index (χ3v) is 3.60. The van der Waals surface area contributed by atoms with Crippen molar-refractivity contribution in [3.63, 3.8) is 0 Å². The van der Waals surface area contributed by atoms with Gasteiger partial charge in [0.1, 0.15) is 6.61 Å². The molecule has 0 unspecified atom stereocenters. The predicted molar refractivity (Wildman–Crippen MR) is 68.7 cm³/mol. The SMILES string of the molecule is CNC[C@@H]1CCCc2c1ccc1c2OOC1.Cl. The van der Waals surface area contributed by atoms with Crippen LogP contribution in [0.1, 0.15) is 35.4 Å². The molecule has 17 heavy (non-hydrogen) atoms. The molecule has 1 aliphatic heterocycles. The molecule has 1 atom stereocenters. The van der Waals surface area contributed by atoms with Crippen LogP contribution in [0.3, 0.4) is 0 Å². The van der Waals surface area contributed by atoms with E-state index in [0.29, 0.717) is 12.5 Å². The van der Waals surface area contributed by atoms with Crippen molar-refractivity contribution in [1.82, 2.24) is 5.32 Å². The smallest absolute Gasteiger partial charge is 0.174 e. The van der Waals surface area contributed by atoms with Gasteiger partial charge >= 0.3 is 0 Å². The number of halogens is 1. The number of benzene rings is 1. The lowest BCUT2D eigenvalue weighted by molar-refractivity contribution is -0.195. The van der Waals surface area contributed by atoms with Crippen molar-refractivity contribution >= 4 is 12.4 Å². The van der Waals surface area contributed by atoms with Crippen LogP contribution < -0.4 is 10.2 Å². The highest BCUT2D eigenvalue weighted by atomic mass is 35.5. The Morgan fingerprint density at radius 1 is 1.41 bits per heavy atom. The molecule has 0 radical (unpaired) electrons. The van der Waals surface area contributed by atoms with Crippen molar-refractivity contribution in [2.24, 2.45) is 0 Å². The van der Waals surface area contributed by atoms with Crippen molar-refractivity contribution in [3.05, 3.63) is 28.8 Å². The fourth-order valence-corrected chi connectivity index (χ4v) is 2.84. The molecule has 1 aliphatic carbocycles. The Kier molecular flexibility index (Phi) is 3.92. The summed E-state index contributed by atoms with van der Waals surface area (Å²) in [7, 11) is 2.02. The molecule has 0 fully saturated rings. The van der Waals surface area contributed by atoms with Gasteiger partial charge in [-0.25, -0.2) is 0 Å². The van der Waals surface area contributed by atoms with E-state index in [1.54, 1.807) is 0 Å². The summed E-state index contributed by atoms with van der Waals surface area (Å²) in [5.74, 6) is 1.63. The third-order valence-electron chi connectivity index (χ3n) is 3.60. The van der Waals surface area contributed by atoms with Crippen molar-refractivity contribution in [2.45, 2.75) is 31.8 Å². The van der Waals surface area contributed by atoms with E-state index in [2.05, 4.69) is 17.4 Å². The molecule has 0 bridgehead atoms. The van der Waals surface area contributed by atoms with Gasteiger partial charge in [0.25, 0.3) is 0 Å². The summed E-state index contributed by atoms with van der Waals surface area (Å²) in [5.41, 5.74) is 4.02. The van der Waals surface area contributed by atoms with Gasteiger partial charge in [-0.2, -0.15) is 4.89 Å². The van der Waals surface area contributed by atoms with Crippen LogP contribution in [0.2, 0.25) is 0 Å². The molecule has 1 N–H and O–H groups in total. The van der Waals surface area contributed by atoms with E-state index < -0.39 is 0 Å². The highest BCUT2D eigenvalue weighted by molar-refractivity contribution is 5.85. The minimum atomic E-state index is 0. The second-order valence-electron chi connectivity index (χ2n) is 4.61. The maximum Gasteiger partial charge on any atom is 0.174 e. The Labute approximate surface area is 108 Å². The Hall–Kier alpha value is -0.770. The topological polar surface area (TPSA) is 30.5 Å². The van der Waals surface area contributed by atoms with Gasteiger partial charge in [0.05, 0.1) is 0 Å². The first-order chi connectivity index (χ1) is 7.90. The lowest BCUT2D eigenvalue weighted by atomic mass is 9.81. The number of fused-ring (bicyclic) bond motifs is 3. The van der Waals surface area contributed by atoms with Gasteiger partial charge in [-0.3, -0.25) is 0 Å². The lowest BCUT2D eigenvalue weighted by Crippen LogP contribution is -2.21. The number of rotatable bonds is 2. The summed E-state index contributed by atoms with van der Waals surface area (Å²) < 4.78 is 0. The highest BCUT2D eigenvalue weighted by Gasteiger charge is 2.27. The summed E-state index contributed by atoms with van der Waals surface area (Å²) in [6, 6.07) is 4.41. The fraction of sp³-hybridized carbons (Fsp3) is 0.538. The molecule has 0 saturated carbocycles. The number of likely N-dealkylation sites (N-methyl/N-ethyl adjacent to an activating group) is 1. The zero-order valence-electron chi connectivity index (χ0n) is 9.99. The fourth-order valence-electron chi connectivity index (χ4n) is 2.84. The van der Waals surface area contributed by atoms with E-state index in [1.807, 2.05) is 7.05 Å². The molecule has 0 spiro atoms. The molecule has 1 aromatic carbocycles. The van der Waals surface area contributed by atoms with Gasteiger partial charge in [-0.1, -0.05) is 12.1 Å². The molecule has 1 heterocycles. The first-order valence-corrected chi connectivity index (χ1v) is 5.99. The molecule has 0 amide bonds. The highest BCUT2D eigenvalue weighted by Crippen LogP contribution is 2.40. The lowest BCUT2D eigenvalue weighted by Gasteiger charge is -2.26. The molecule has 4 heteroatoms. The monoisotopic (exact) mass is 255 g/mol. The van der Waals surface area contributed by atoms with Crippen LogP contribution in [0.15, 0.2) is 12.1 Å². The Morgan fingerprint density at radius 2 is 2.29 bits per heavy atom. The molecule has 94 valence electrons. The van der Waals surface area contributed by atoms with E-state index in [-0.39, 0.29) is 12.4 Å². The Morgan fingerprint density at radius 3 is 3.12 bits per heavy atom. The standard InChI is InChI=1S/C13H17NO2.ClH/c1-14-7-9-3-2-4-12-11(9)6-5-10-8-15-16-13(10)12;/h5-6,9,14H,2-4,7-8H2,1H3;1H/t9-;/m0./s1. The van der Waals surface area contributed by atoms with E-state index >= 15 is 0 Å². The number of hydrogen-bond donors (Lipinski definition) is 1. The summed E-state index contributed by atoms with van der Waals surface area (Å²) >= 11 is 0. The molecular formula is C13H18ClNO2. The number of nitrogens with one attached hydrogen (secondary N) is 1. The van der Waals surface area contributed by atoms with Crippen molar-refractivity contribution in [3.8, 4) is 5.75 Å². The summed E-state index contributed by atoms with van der Waals surface area (Å²) in [6.45, 7) is 1.64. The predicted octanol–water partition coefficient (Wildman–Crippen LogP) is 2.57. The summed E-state index contributed by atoms with van der Waals surface area (Å²) in [5, 5.41) is 3.27. The van der Waals surface area contributed by atoms with Gasteiger partial charge in [-0.15, -0.1) is 12.4 Å².